The topological polar surface area (TPSA) is 24.9 Å². The van der Waals surface area contributed by atoms with Gasteiger partial charge < -0.3 is 5.32 Å². The maximum absolute atomic E-state index is 4.64. The Balaban J connectivity index is 2.08. The predicted octanol–water partition coefficient (Wildman–Crippen LogP) is 4.21. The van der Waals surface area contributed by atoms with Crippen molar-refractivity contribution in [2.75, 3.05) is 6.54 Å². The van der Waals surface area contributed by atoms with Crippen molar-refractivity contribution >= 4 is 11.3 Å². The second-order valence-electron chi connectivity index (χ2n) is 6.15. The molecule has 0 fully saturated rings. The summed E-state index contributed by atoms with van der Waals surface area (Å²) in [6, 6.07) is 10.6. The first-order valence-electron chi connectivity index (χ1n) is 7.21. The SMILES string of the molecule is CC(C)CNCc1cnc(C(C)(C)c2ccccc2)s1. The lowest BCUT2D eigenvalue weighted by atomic mass is 9.85. The first kappa shape index (κ1) is 15.2. The molecule has 0 spiro atoms. The third kappa shape index (κ3) is 3.68. The average molecular weight is 288 g/mol. The summed E-state index contributed by atoms with van der Waals surface area (Å²) >= 11 is 1.81. The van der Waals surface area contributed by atoms with Crippen LogP contribution in [0.15, 0.2) is 36.5 Å². The number of benzene rings is 1. The van der Waals surface area contributed by atoms with E-state index in [0.29, 0.717) is 5.92 Å². The molecule has 0 radical (unpaired) electrons. The Morgan fingerprint density at radius 1 is 1.20 bits per heavy atom. The first-order chi connectivity index (χ1) is 9.50. The van der Waals surface area contributed by atoms with Gasteiger partial charge in [-0.05, 0) is 31.9 Å². The van der Waals surface area contributed by atoms with Crippen LogP contribution in [0.3, 0.4) is 0 Å². The van der Waals surface area contributed by atoms with E-state index in [0.717, 1.165) is 13.1 Å². The fourth-order valence-electron chi connectivity index (χ4n) is 2.14. The number of nitrogens with zero attached hydrogens (tertiary/aromatic N) is 1. The van der Waals surface area contributed by atoms with Gasteiger partial charge in [0.05, 0.1) is 0 Å². The van der Waals surface area contributed by atoms with Crippen molar-refractivity contribution in [3.63, 3.8) is 0 Å². The van der Waals surface area contributed by atoms with Gasteiger partial charge in [0.1, 0.15) is 5.01 Å². The van der Waals surface area contributed by atoms with Gasteiger partial charge in [-0.1, -0.05) is 44.2 Å². The molecule has 0 aliphatic heterocycles. The van der Waals surface area contributed by atoms with Crippen LogP contribution in [0.2, 0.25) is 0 Å². The van der Waals surface area contributed by atoms with Crippen LogP contribution >= 0.6 is 11.3 Å². The van der Waals surface area contributed by atoms with Crippen LogP contribution in [0.5, 0.6) is 0 Å². The zero-order valence-electron chi connectivity index (χ0n) is 12.8. The first-order valence-corrected chi connectivity index (χ1v) is 8.03. The molecule has 1 N–H and O–H groups in total. The van der Waals surface area contributed by atoms with Crippen LogP contribution < -0.4 is 5.32 Å². The van der Waals surface area contributed by atoms with Crippen molar-refractivity contribution in [2.24, 2.45) is 5.92 Å². The molecule has 0 amide bonds. The molecule has 20 heavy (non-hydrogen) atoms. The fraction of sp³-hybridized carbons (Fsp3) is 0.471. The van der Waals surface area contributed by atoms with Crippen LogP contribution in [-0.4, -0.2) is 11.5 Å². The maximum atomic E-state index is 4.64. The number of nitrogens with one attached hydrogen (secondary N) is 1. The molecular formula is C17H24N2S. The van der Waals surface area contributed by atoms with Crippen LogP contribution in [0, 0.1) is 5.92 Å². The third-order valence-corrected chi connectivity index (χ3v) is 4.76. The summed E-state index contributed by atoms with van der Waals surface area (Å²) in [6.45, 7) is 10.9. The molecule has 0 aliphatic carbocycles. The van der Waals surface area contributed by atoms with Crippen LogP contribution in [0.1, 0.15) is 43.1 Å². The lowest BCUT2D eigenvalue weighted by Gasteiger charge is -2.22. The van der Waals surface area contributed by atoms with Gasteiger partial charge >= 0.3 is 0 Å². The molecule has 1 aromatic heterocycles. The standard InChI is InChI=1S/C17H24N2S/c1-13(2)10-18-11-15-12-19-16(20-15)17(3,4)14-8-6-5-7-9-14/h5-9,12-13,18H,10-11H2,1-4H3. The highest BCUT2D eigenvalue weighted by molar-refractivity contribution is 7.11. The molecule has 2 aromatic rings. The molecule has 2 rings (SSSR count). The zero-order valence-corrected chi connectivity index (χ0v) is 13.6. The van der Waals surface area contributed by atoms with E-state index in [1.54, 1.807) is 0 Å². The summed E-state index contributed by atoms with van der Waals surface area (Å²) in [7, 11) is 0. The number of hydrogen-bond acceptors (Lipinski definition) is 3. The molecule has 0 saturated heterocycles. The third-order valence-electron chi connectivity index (χ3n) is 3.44. The number of thiazole rings is 1. The highest BCUT2D eigenvalue weighted by atomic mass is 32.1. The van der Waals surface area contributed by atoms with Crippen LogP contribution in [-0.2, 0) is 12.0 Å². The molecular weight excluding hydrogens is 264 g/mol. The molecule has 0 aliphatic rings. The summed E-state index contributed by atoms with van der Waals surface area (Å²) in [4.78, 5) is 5.95. The number of hydrogen-bond donors (Lipinski definition) is 1. The van der Waals surface area contributed by atoms with Crippen LogP contribution in [0.4, 0.5) is 0 Å². The van der Waals surface area contributed by atoms with Gasteiger partial charge in [-0.25, -0.2) is 4.98 Å². The molecule has 3 heteroatoms. The van der Waals surface area contributed by atoms with E-state index >= 15 is 0 Å². The normalized spacial score (nSPS) is 12.1. The van der Waals surface area contributed by atoms with Gasteiger partial charge in [-0.15, -0.1) is 11.3 Å². The largest absolute Gasteiger partial charge is 0.312 e. The summed E-state index contributed by atoms with van der Waals surface area (Å²) in [5.74, 6) is 0.683. The fourth-order valence-corrected chi connectivity index (χ4v) is 3.15. The number of rotatable bonds is 6. The van der Waals surface area contributed by atoms with E-state index in [2.05, 4.69) is 68.3 Å². The van der Waals surface area contributed by atoms with Crippen LogP contribution in [0.25, 0.3) is 0 Å². The minimum Gasteiger partial charge on any atom is -0.312 e. The molecule has 1 aromatic carbocycles. The highest BCUT2D eigenvalue weighted by Crippen LogP contribution is 2.33. The zero-order chi connectivity index (χ0) is 14.6. The molecule has 108 valence electrons. The summed E-state index contributed by atoms with van der Waals surface area (Å²) in [5, 5.41) is 4.66. The smallest absolute Gasteiger partial charge is 0.103 e. The van der Waals surface area contributed by atoms with Gasteiger partial charge in [0, 0.05) is 23.0 Å². The molecule has 0 bridgehead atoms. The minimum absolute atomic E-state index is 0.0256. The van der Waals surface area contributed by atoms with Crippen molar-refractivity contribution in [2.45, 2.75) is 39.7 Å². The van der Waals surface area contributed by atoms with Gasteiger partial charge in [0.15, 0.2) is 0 Å². The average Bonchev–Trinajstić information content (AvgIpc) is 2.89. The molecule has 0 saturated carbocycles. The van der Waals surface area contributed by atoms with Gasteiger partial charge in [-0.2, -0.15) is 0 Å². The van der Waals surface area contributed by atoms with Crippen molar-refractivity contribution in [3.8, 4) is 0 Å². The predicted molar refractivity (Wildman–Crippen MR) is 87.2 cm³/mol. The Hall–Kier alpha value is -1.19. The second kappa shape index (κ2) is 6.51. The van der Waals surface area contributed by atoms with E-state index in [4.69, 9.17) is 0 Å². The number of aromatic nitrogens is 1. The Morgan fingerprint density at radius 3 is 2.55 bits per heavy atom. The van der Waals surface area contributed by atoms with Gasteiger partial charge in [0.25, 0.3) is 0 Å². The molecule has 1 heterocycles. The lowest BCUT2D eigenvalue weighted by Crippen LogP contribution is -2.18. The van der Waals surface area contributed by atoms with Crippen molar-refractivity contribution in [1.82, 2.24) is 10.3 Å². The highest BCUT2D eigenvalue weighted by Gasteiger charge is 2.26. The van der Waals surface area contributed by atoms with Crippen molar-refractivity contribution in [1.29, 1.82) is 0 Å². The van der Waals surface area contributed by atoms with Gasteiger partial charge in [0.2, 0.25) is 0 Å². The minimum atomic E-state index is -0.0256. The lowest BCUT2D eigenvalue weighted by molar-refractivity contribution is 0.554. The summed E-state index contributed by atoms with van der Waals surface area (Å²) in [5.41, 5.74) is 1.29. The Bertz CT molecular complexity index is 529. The van der Waals surface area contributed by atoms with E-state index in [9.17, 15) is 0 Å². The van der Waals surface area contributed by atoms with Crippen molar-refractivity contribution < 1.29 is 0 Å². The molecule has 2 nitrogen and oxygen atoms in total. The van der Waals surface area contributed by atoms with Crippen molar-refractivity contribution in [3.05, 3.63) is 52.0 Å². The Kier molecular flexibility index (Phi) is 4.95. The Morgan fingerprint density at radius 2 is 1.90 bits per heavy atom. The quantitative estimate of drug-likeness (QED) is 0.861. The van der Waals surface area contributed by atoms with E-state index in [1.807, 2.05) is 17.5 Å². The van der Waals surface area contributed by atoms with E-state index in [-0.39, 0.29) is 5.41 Å². The summed E-state index contributed by atoms with van der Waals surface area (Å²) in [6.07, 6.45) is 2.01. The van der Waals surface area contributed by atoms with Gasteiger partial charge in [-0.3, -0.25) is 0 Å². The Labute approximate surface area is 126 Å². The second-order valence-corrected chi connectivity index (χ2v) is 7.26. The monoisotopic (exact) mass is 288 g/mol. The molecule has 0 atom stereocenters. The van der Waals surface area contributed by atoms with E-state index in [1.165, 1.54) is 15.4 Å². The molecule has 0 unspecified atom stereocenters. The maximum Gasteiger partial charge on any atom is 0.103 e. The summed E-state index contributed by atoms with van der Waals surface area (Å²) < 4.78 is 0. The van der Waals surface area contributed by atoms with E-state index < -0.39 is 0 Å².